The molecule has 31 heavy (non-hydrogen) atoms. The first kappa shape index (κ1) is 21.7. The van der Waals surface area contributed by atoms with Crippen molar-refractivity contribution in [2.75, 3.05) is 0 Å². The molecule has 0 radical (unpaired) electrons. The van der Waals surface area contributed by atoms with Gasteiger partial charge < -0.3 is 0 Å². The van der Waals surface area contributed by atoms with E-state index in [4.69, 9.17) is 0 Å². The van der Waals surface area contributed by atoms with Crippen molar-refractivity contribution < 1.29 is 4.79 Å². The second kappa shape index (κ2) is 6.27. The third kappa shape index (κ3) is 2.47. The summed E-state index contributed by atoms with van der Waals surface area (Å²) in [6.07, 6.45) is 14.5. The van der Waals surface area contributed by atoms with Gasteiger partial charge in [0.15, 0.2) is 0 Å². The fourth-order valence-corrected chi connectivity index (χ4v) is 9.65. The Balaban J connectivity index is 1.63. The molecule has 1 heteroatoms. The number of ketones is 1. The molecule has 0 bridgehead atoms. The van der Waals surface area contributed by atoms with E-state index in [1.807, 2.05) is 0 Å². The van der Waals surface area contributed by atoms with Crippen LogP contribution in [0.25, 0.3) is 0 Å². The van der Waals surface area contributed by atoms with Crippen molar-refractivity contribution >= 4 is 5.78 Å². The monoisotopic (exact) mass is 420 g/mol. The molecule has 3 fully saturated rings. The summed E-state index contributed by atoms with van der Waals surface area (Å²) in [6, 6.07) is 0. The molecule has 0 aromatic heterocycles. The highest BCUT2D eigenvalue weighted by atomic mass is 16.1. The van der Waals surface area contributed by atoms with Crippen LogP contribution in [0.4, 0.5) is 0 Å². The van der Waals surface area contributed by atoms with Gasteiger partial charge in [-0.15, -0.1) is 0 Å². The number of carbonyl (C=O) groups is 1. The van der Waals surface area contributed by atoms with Gasteiger partial charge in [0, 0.05) is 11.8 Å². The molecule has 7 atom stereocenters. The molecule has 7 unspecified atom stereocenters. The molecule has 0 amide bonds. The second-order valence-electron chi connectivity index (χ2n) is 13.6. The van der Waals surface area contributed by atoms with Crippen molar-refractivity contribution in [2.45, 2.75) is 99.8 Å². The summed E-state index contributed by atoms with van der Waals surface area (Å²) in [4.78, 5) is 12.8. The molecule has 5 rings (SSSR count). The van der Waals surface area contributed by atoms with Gasteiger partial charge in [0.1, 0.15) is 5.78 Å². The third-order valence-electron chi connectivity index (χ3n) is 12.0. The minimum Gasteiger partial charge on any atom is -0.299 e. The van der Waals surface area contributed by atoms with Crippen molar-refractivity contribution in [1.82, 2.24) is 0 Å². The van der Waals surface area contributed by atoms with E-state index in [2.05, 4.69) is 67.2 Å². The average Bonchev–Trinajstić information content (AvgIpc) is 2.69. The molecule has 1 nitrogen and oxygen atoms in total. The molecular weight excluding hydrogens is 376 g/mol. The van der Waals surface area contributed by atoms with Gasteiger partial charge >= 0.3 is 0 Å². The van der Waals surface area contributed by atoms with Crippen molar-refractivity contribution in [3.8, 4) is 0 Å². The summed E-state index contributed by atoms with van der Waals surface area (Å²) in [5.41, 5.74) is 5.53. The van der Waals surface area contributed by atoms with Crippen LogP contribution in [-0.4, -0.2) is 5.78 Å². The van der Waals surface area contributed by atoms with Crippen molar-refractivity contribution in [2.24, 2.45) is 44.8 Å². The van der Waals surface area contributed by atoms with E-state index in [9.17, 15) is 4.79 Å². The first-order valence-electron chi connectivity index (χ1n) is 12.9. The van der Waals surface area contributed by atoms with Gasteiger partial charge in [0.25, 0.3) is 0 Å². The Morgan fingerprint density at radius 3 is 2.35 bits per heavy atom. The van der Waals surface area contributed by atoms with E-state index in [0.717, 1.165) is 19.3 Å². The topological polar surface area (TPSA) is 17.1 Å². The van der Waals surface area contributed by atoms with Gasteiger partial charge in [0.05, 0.1) is 0 Å². The second-order valence-corrected chi connectivity index (χ2v) is 13.6. The van der Waals surface area contributed by atoms with E-state index < -0.39 is 0 Å². The number of hydrogen-bond donors (Lipinski definition) is 0. The molecule has 0 saturated heterocycles. The maximum Gasteiger partial charge on any atom is 0.142 e. The Hall–Kier alpha value is -1.11. The van der Waals surface area contributed by atoms with Crippen LogP contribution in [0.5, 0.6) is 0 Å². The van der Waals surface area contributed by atoms with Gasteiger partial charge in [-0.3, -0.25) is 4.79 Å². The third-order valence-corrected chi connectivity index (χ3v) is 12.0. The lowest BCUT2D eigenvalue weighted by Crippen LogP contribution is -2.61. The maximum absolute atomic E-state index is 12.8. The van der Waals surface area contributed by atoms with Gasteiger partial charge in [0.2, 0.25) is 0 Å². The Morgan fingerprint density at radius 1 is 0.935 bits per heavy atom. The zero-order chi connectivity index (χ0) is 22.6. The van der Waals surface area contributed by atoms with Crippen molar-refractivity contribution in [3.05, 3.63) is 35.5 Å². The quantitative estimate of drug-likeness (QED) is 0.362. The summed E-state index contributed by atoms with van der Waals surface area (Å²) in [5, 5.41) is 0. The Kier molecular flexibility index (Phi) is 4.39. The van der Waals surface area contributed by atoms with Crippen molar-refractivity contribution in [3.63, 3.8) is 0 Å². The minimum absolute atomic E-state index is 0.151. The Bertz CT molecular complexity index is 917. The summed E-state index contributed by atoms with van der Waals surface area (Å²) < 4.78 is 0. The zero-order valence-corrected chi connectivity index (χ0v) is 21.2. The predicted octanol–water partition coefficient (Wildman–Crippen LogP) is 8.07. The largest absolute Gasteiger partial charge is 0.299 e. The summed E-state index contributed by atoms with van der Waals surface area (Å²) in [5.74, 6) is 2.34. The molecule has 0 aromatic rings. The lowest BCUT2D eigenvalue weighted by molar-refractivity contribution is -0.135. The summed E-state index contributed by atoms with van der Waals surface area (Å²) in [6.45, 7) is 21.7. The molecule has 0 aliphatic heterocycles. The summed E-state index contributed by atoms with van der Waals surface area (Å²) >= 11 is 0. The van der Waals surface area contributed by atoms with E-state index in [1.165, 1.54) is 43.3 Å². The molecule has 0 heterocycles. The lowest BCUT2D eigenvalue weighted by atomic mass is 9.35. The van der Waals surface area contributed by atoms with Gasteiger partial charge in [-0.2, -0.15) is 0 Å². The molecule has 5 aliphatic carbocycles. The maximum atomic E-state index is 12.8. The molecular formula is C30H44O. The average molecular weight is 421 g/mol. The van der Waals surface area contributed by atoms with Crippen LogP contribution < -0.4 is 0 Å². The number of fused-ring (bicyclic) bond motifs is 7. The number of allylic oxidation sites excluding steroid dienone is 5. The first-order valence-corrected chi connectivity index (χ1v) is 12.9. The van der Waals surface area contributed by atoms with Gasteiger partial charge in [-0.1, -0.05) is 70.1 Å². The molecule has 0 aromatic carbocycles. The Morgan fingerprint density at radius 2 is 1.65 bits per heavy atom. The highest BCUT2D eigenvalue weighted by Gasteiger charge is 2.66. The normalized spacial score (nSPS) is 51.0. The first-order chi connectivity index (χ1) is 14.3. The van der Waals surface area contributed by atoms with E-state index in [-0.39, 0.29) is 21.7 Å². The van der Waals surface area contributed by atoms with Crippen LogP contribution in [0.3, 0.4) is 0 Å². The molecule has 170 valence electrons. The van der Waals surface area contributed by atoms with Gasteiger partial charge in [-0.25, -0.2) is 0 Å². The van der Waals surface area contributed by atoms with E-state index in [1.54, 1.807) is 5.57 Å². The van der Waals surface area contributed by atoms with E-state index in [0.29, 0.717) is 29.0 Å². The van der Waals surface area contributed by atoms with Gasteiger partial charge in [-0.05, 0) is 98.2 Å². The standard InChI is InChI=1S/C30H44O/c1-19-11-14-27(5)17-18-29(7)21(25(27)20(19)2)9-10-23-28(6)15-13-24(31)26(3,4)22(28)12-16-30(23,29)8/h9,12,20,23,25H,1,10-11,13-18H2,2-8H3. The van der Waals surface area contributed by atoms with Crippen molar-refractivity contribution in [1.29, 1.82) is 0 Å². The molecule has 3 saturated carbocycles. The Labute approximate surface area is 190 Å². The lowest BCUT2D eigenvalue weighted by Gasteiger charge is -2.68. The van der Waals surface area contributed by atoms with E-state index >= 15 is 0 Å². The fourth-order valence-electron chi connectivity index (χ4n) is 9.65. The fraction of sp³-hybridized carbons (Fsp3) is 0.767. The number of carbonyl (C=O) groups excluding carboxylic acids is 1. The van der Waals surface area contributed by atoms with Crippen LogP contribution in [0.2, 0.25) is 0 Å². The molecule has 0 N–H and O–H groups in total. The van der Waals surface area contributed by atoms with Crippen LogP contribution in [0.1, 0.15) is 99.8 Å². The zero-order valence-electron chi connectivity index (χ0n) is 21.2. The number of hydrogen-bond acceptors (Lipinski definition) is 1. The van der Waals surface area contributed by atoms with Crippen LogP contribution in [0.15, 0.2) is 35.5 Å². The smallest absolute Gasteiger partial charge is 0.142 e. The minimum atomic E-state index is -0.292. The highest BCUT2D eigenvalue weighted by Crippen LogP contribution is 2.74. The van der Waals surface area contributed by atoms with Crippen LogP contribution in [0, 0.1) is 44.8 Å². The number of Topliss-reactive ketones (excluding diaryl/α,β-unsaturated/α-hetero) is 1. The highest BCUT2D eigenvalue weighted by molar-refractivity contribution is 5.89. The molecule has 0 spiro atoms. The van der Waals surface area contributed by atoms with Crippen LogP contribution >= 0.6 is 0 Å². The van der Waals surface area contributed by atoms with Crippen LogP contribution in [-0.2, 0) is 4.79 Å². The number of rotatable bonds is 0. The summed E-state index contributed by atoms with van der Waals surface area (Å²) in [7, 11) is 0. The molecule has 5 aliphatic rings. The SMILES string of the molecule is C=C1CCC2(C)CCC3(C)C(=CCC4C5(C)CCC(=O)C(C)(C)C5=CCC43C)C2C1C. The predicted molar refractivity (Wildman–Crippen MR) is 130 cm³/mol.